The number of carbonyl (C=O) groups excluding carboxylic acids is 1. The number of rotatable bonds is 5. The Morgan fingerprint density at radius 1 is 1.17 bits per heavy atom. The van der Waals surface area contributed by atoms with E-state index in [0.717, 1.165) is 29.9 Å². The van der Waals surface area contributed by atoms with Gasteiger partial charge in [0.05, 0.1) is 12.7 Å². The summed E-state index contributed by atoms with van der Waals surface area (Å²) >= 11 is 0. The molecule has 0 saturated carbocycles. The van der Waals surface area contributed by atoms with Crippen LogP contribution in [0, 0.1) is 5.95 Å². The van der Waals surface area contributed by atoms with Crippen molar-refractivity contribution in [2.45, 2.75) is 26.0 Å². The molecule has 1 saturated heterocycles. The van der Waals surface area contributed by atoms with Crippen molar-refractivity contribution in [2.75, 3.05) is 51.0 Å². The Morgan fingerprint density at radius 2 is 1.94 bits per heavy atom. The lowest BCUT2D eigenvalue weighted by Gasteiger charge is -2.34. The Balaban J connectivity index is 1.56. The summed E-state index contributed by atoms with van der Waals surface area (Å²) in [6.07, 6.45) is 0.863. The lowest BCUT2D eigenvalue weighted by molar-refractivity contribution is 0.0531. The Bertz CT molecular complexity index is 1310. The van der Waals surface area contributed by atoms with Gasteiger partial charge in [-0.3, -0.25) is 4.79 Å². The highest BCUT2D eigenvalue weighted by molar-refractivity contribution is 5.97. The highest BCUT2D eigenvalue weighted by Gasteiger charge is 2.23. The maximum Gasteiger partial charge on any atom is 0.251 e. The van der Waals surface area contributed by atoms with Crippen LogP contribution in [0.1, 0.15) is 28.4 Å². The van der Waals surface area contributed by atoms with Crippen molar-refractivity contribution >= 4 is 17.4 Å². The average Bonchev–Trinajstić information content (AvgIpc) is 2.84. The summed E-state index contributed by atoms with van der Waals surface area (Å²) in [7, 11) is 4.02. The monoisotopic (exact) mass is 490 g/mol. The van der Waals surface area contributed by atoms with E-state index < -0.39 is 5.95 Å². The summed E-state index contributed by atoms with van der Waals surface area (Å²) < 4.78 is 20.8. The van der Waals surface area contributed by atoms with E-state index in [1.807, 2.05) is 38.4 Å². The second-order valence-corrected chi connectivity index (χ2v) is 9.68. The van der Waals surface area contributed by atoms with Gasteiger partial charge in [0.1, 0.15) is 11.4 Å². The molecule has 1 aromatic heterocycles. The maximum absolute atomic E-state index is 15.1. The summed E-state index contributed by atoms with van der Waals surface area (Å²) in [5, 5.41) is 2.84. The zero-order valence-corrected chi connectivity index (χ0v) is 20.8. The van der Waals surface area contributed by atoms with Gasteiger partial charge < -0.3 is 25.6 Å². The van der Waals surface area contributed by atoms with Crippen LogP contribution in [0.4, 0.5) is 15.9 Å². The van der Waals surface area contributed by atoms with Gasteiger partial charge in [0.25, 0.3) is 5.91 Å². The molecular weight excluding hydrogens is 459 g/mol. The third-order valence-corrected chi connectivity index (χ3v) is 6.60. The first-order chi connectivity index (χ1) is 17.3. The van der Waals surface area contributed by atoms with Crippen LogP contribution in [0.15, 0.2) is 36.4 Å². The SMILES string of the molecule is CC1CN(c2ccc(-c3nc(-c4ccc5c(c4)CCNC5=O)c(N)nc3F)cc2CN(C)C)CCO1. The summed E-state index contributed by atoms with van der Waals surface area (Å²) in [6, 6.07) is 11.3. The fraction of sp³-hybridized carbons (Fsp3) is 0.370. The summed E-state index contributed by atoms with van der Waals surface area (Å²) in [5.41, 5.74) is 11.8. The molecule has 3 N–H and O–H groups in total. The van der Waals surface area contributed by atoms with Gasteiger partial charge in [-0.15, -0.1) is 0 Å². The number of anilines is 2. The summed E-state index contributed by atoms with van der Waals surface area (Å²) in [4.78, 5) is 25.2. The van der Waals surface area contributed by atoms with E-state index in [1.54, 1.807) is 12.1 Å². The Morgan fingerprint density at radius 3 is 2.72 bits per heavy atom. The highest BCUT2D eigenvalue weighted by atomic mass is 19.1. The second-order valence-electron chi connectivity index (χ2n) is 9.68. The lowest BCUT2D eigenvalue weighted by atomic mass is 9.96. The molecule has 0 radical (unpaired) electrons. The van der Waals surface area contributed by atoms with E-state index in [1.165, 1.54) is 0 Å². The van der Waals surface area contributed by atoms with Crippen molar-refractivity contribution in [3.05, 3.63) is 59.0 Å². The molecule has 2 aliphatic rings. The van der Waals surface area contributed by atoms with Gasteiger partial charge in [-0.25, -0.2) is 4.98 Å². The zero-order valence-electron chi connectivity index (χ0n) is 20.8. The molecule has 1 amide bonds. The second kappa shape index (κ2) is 9.83. The molecule has 8 nitrogen and oxygen atoms in total. The average molecular weight is 491 g/mol. The molecular formula is C27H31FN6O2. The molecule has 3 aromatic rings. The quantitative estimate of drug-likeness (QED) is 0.567. The van der Waals surface area contributed by atoms with Crippen molar-refractivity contribution in [2.24, 2.45) is 0 Å². The predicted molar refractivity (Wildman–Crippen MR) is 138 cm³/mol. The molecule has 0 spiro atoms. The number of carbonyl (C=O) groups is 1. The van der Waals surface area contributed by atoms with Crippen LogP contribution in [-0.2, 0) is 17.7 Å². The first-order valence-corrected chi connectivity index (χ1v) is 12.2. The number of nitrogens with one attached hydrogen (secondary N) is 1. The molecule has 188 valence electrons. The standard InChI is InChI=1S/C27H31FN6O2/c1-16-14-34(10-11-36-16)22-7-5-18(13-20(22)15-33(2)3)23-25(28)32-26(29)24(31-23)19-4-6-21-17(12-19)8-9-30-27(21)35/h4-7,12-13,16H,8-11,14-15H2,1-3H3,(H2,29,32)(H,30,35). The minimum Gasteiger partial charge on any atom is -0.382 e. The van der Waals surface area contributed by atoms with Gasteiger partial charge >= 0.3 is 0 Å². The highest BCUT2D eigenvalue weighted by Crippen LogP contribution is 2.33. The molecule has 0 bridgehead atoms. The number of morpholine rings is 1. The number of hydrogen-bond donors (Lipinski definition) is 2. The summed E-state index contributed by atoms with van der Waals surface area (Å²) in [5.74, 6) is -0.786. The van der Waals surface area contributed by atoms with Crippen molar-refractivity contribution < 1.29 is 13.9 Å². The molecule has 36 heavy (non-hydrogen) atoms. The zero-order chi connectivity index (χ0) is 25.4. The van der Waals surface area contributed by atoms with E-state index in [4.69, 9.17) is 10.5 Å². The van der Waals surface area contributed by atoms with Crippen molar-refractivity contribution in [1.29, 1.82) is 0 Å². The molecule has 0 aliphatic carbocycles. The maximum atomic E-state index is 15.1. The molecule has 1 fully saturated rings. The molecule has 1 unspecified atom stereocenters. The van der Waals surface area contributed by atoms with Gasteiger partial charge in [-0.1, -0.05) is 12.1 Å². The Kier molecular flexibility index (Phi) is 6.59. The number of nitrogens with zero attached hydrogens (tertiary/aromatic N) is 4. The smallest absolute Gasteiger partial charge is 0.251 e. The van der Waals surface area contributed by atoms with Crippen LogP contribution in [0.25, 0.3) is 22.5 Å². The number of nitrogen functional groups attached to an aromatic ring is 1. The van der Waals surface area contributed by atoms with Crippen LogP contribution < -0.4 is 16.0 Å². The fourth-order valence-corrected chi connectivity index (χ4v) is 4.94. The van der Waals surface area contributed by atoms with Gasteiger partial charge in [-0.05, 0) is 62.8 Å². The minimum atomic E-state index is -0.711. The van der Waals surface area contributed by atoms with Crippen LogP contribution >= 0.6 is 0 Å². The fourth-order valence-electron chi connectivity index (χ4n) is 4.94. The largest absolute Gasteiger partial charge is 0.382 e. The van der Waals surface area contributed by atoms with Crippen molar-refractivity contribution in [3.8, 4) is 22.5 Å². The molecule has 2 aromatic carbocycles. The number of benzene rings is 2. The number of ether oxygens (including phenoxy) is 1. The Labute approximate surface area is 210 Å². The first-order valence-electron chi connectivity index (χ1n) is 12.2. The van der Waals surface area contributed by atoms with E-state index in [9.17, 15) is 4.79 Å². The third kappa shape index (κ3) is 4.76. The van der Waals surface area contributed by atoms with Crippen molar-refractivity contribution in [3.63, 3.8) is 0 Å². The molecule has 9 heteroatoms. The lowest BCUT2D eigenvalue weighted by Crippen LogP contribution is -2.41. The van der Waals surface area contributed by atoms with Crippen LogP contribution in [0.2, 0.25) is 0 Å². The number of halogens is 1. The van der Waals surface area contributed by atoms with E-state index in [-0.39, 0.29) is 23.5 Å². The van der Waals surface area contributed by atoms with E-state index in [0.29, 0.717) is 48.5 Å². The predicted octanol–water partition coefficient (Wildman–Crippen LogP) is 3.10. The van der Waals surface area contributed by atoms with Gasteiger partial charge in [0, 0.05) is 48.6 Å². The third-order valence-electron chi connectivity index (χ3n) is 6.60. The van der Waals surface area contributed by atoms with Crippen LogP contribution in [0.3, 0.4) is 0 Å². The minimum absolute atomic E-state index is 0.0175. The summed E-state index contributed by atoms with van der Waals surface area (Å²) in [6.45, 7) is 5.62. The topological polar surface area (TPSA) is 96.6 Å². The van der Waals surface area contributed by atoms with Gasteiger partial charge in [-0.2, -0.15) is 9.37 Å². The number of hydrogen-bond acceptors (Lipinski definition) is 7. The molecule has 2 aliphatic heterocycles. The van der Waals surface area contributed by atoms with Gasteiger partial charge in [0.15, 0.2) is 5.82 Å². The normalized spacial score (nSPS) is 17.8. The number of fused-ring (bicyclic) bond motifs is 1. The van der Waals surface area contributed by atoms with Crippen LogP contribution in [0.5, 0.6) is 0 Å². The van der Waals surface area contributed by atoms with E-state index >= 15 is 4.39 Å². The first kappa shape index (κ1) is 24.1. The van der Waals surface area contributed by atoms with E-state index in [2.05, 4.69) is 32.0 Å². The molecule has 5 rings (SSSR count). The molecule has 3 heterocycles. The number of amides is 1. The Hall–Kier alpha value is -3.56. The molecule has 1 atom stereocenters. The number of nitrogens with two attached hydrogens (primary N) is 1. The van der Waals surface area contributed by atoms with Crippen molar-refractivity contribution in [1.82, 2.24) is 20.2 Å². The van der Waals surface area contributed by atoms with Crippen LogP contribution in [-0.4, -0.2) is 67.2 Å². The van der Waals surface area contributed by atoms with Gasteiger partial charge in [0.2, 0.25) is 5.95 Å². The number of aromatic nitrogens is 2.